The predicted molar refractivity (Wildman–Crippen MR) is 92.4 cm³/mol. The summed E-state index contributed by atoms with van der Waals surface area (Å²) in [7, 11) is 0.411. The Morgan fingerprint density at radius 2 is 2.00 bits per heavy atom. The smallest absolute Gasteiger partial charge is 0.251 e. The maximum absolute atomic E-state index is 12.3. The monoisotopic (exact) mass is 351 g/mol. The van der Waals surface area contributed by atoms with E-state index in [0.717, 1.165) is 12.0 Å². The van der Waals surface area contributed by atoms with Gasteiger partial charge in [0.2, 0.25) is 10.0 Å². The van der Waals surface area contributed by atoms with E-state index in [2.05, 4.69) is 10.0 Å². The number of rotatable bonds is 7. The number of carbonyl (C=O) groups is 1. The first-order valence-corrected chi connectivity index (χ1v) is 9.21. The van der Waals surface area contributed by atoms with Gasteiger partial charge in [0.1, 0.15) is 5.76 Å². The summed E-state index contributed by atoms with van der Waals surface area (Å²) in [6.45, 7) is 0.364. The van der Waals surface area contributed by atoms with Crippen molar-refractivity contribution in [3.8, 4) is 0 Å². The Balaban J connectivity index is 2.05. The van der Waals surface area contributed by atoms with Crippen molar-refractivity contribution in [3.63, 3.8) is 0 Å². The number of likely N-dealkylation sites (N-methyl/N-ethyl adjacent to an activating group) is 1. The Morgan fingerprint density at radius 3 is 2.58 bits per heavy atom. The van der Waals surface area contributed by atoms with Crippen molar-refractivity contribution in [3.05, 3.63) is 54.0 Å². The molecule has 1 atom stereocenters. The molecule has 1 amide bonds. The standard InChI is InChI=1S/C16H21N3O4S/c1-19(2)14(15-8-5-9-23-15)11-17-16(20)12-6-4-7-13(10-12)18-24(3,21)22/h4-10,14,18H,11H2,1-3H3,(H,17,20). The molecule has 0 saturated heterocycles. The second-order valence-corrected chi connectivity index (χ2v) is 7.41. The highest BCUT2D eigenvalue weighted by Crippen LogP contribution is 2.18. The van der Waals surface area contributed by atoms with Crippen molar-refractivity contribution in [2.75, 3.05) is 31.6 Å². The molecule has 0 saturated carbocycles. The summed E-state index contributed by atoms with van der Waals surface area (Å²) in [6, 6.07) is 9.89. The molecule has 0 aliphatic rings. The van der Waals surface area contributed by atoms with E-state index in [1.54, 1.807) is 30.5 Å². The summed E-state index contributed by atoms with van der Waals surface area (Å²) in [5.41, 5.74) is 0.723. The lowest BCUT2D eigenvalue weighted by Gasteiger charge is -2.22. The summed E-state index contributed by atoms with van der Waals surface area (Å²) >= 11 is 0. The zero-order chi connectivity index (χ0) is 17.7. The first-order chi connectivity index (χ1) is 11.3. The highest BCUT2D eigenvalue weighted by atomic mass is 32.2. The summed E-state index contributed by atoms with van der Waals surface area (Å²) in [5, 5.41) is 2.84. The Morgan fingerprint density at radius 1 is 1.25 bits per heavy atom. The molecule has 1 heterocycles. The molecule has 1 aromatic heterocycles. The third kappa shape index (κ3) is 5.10. The van der Waals surface area contributed by atoms with E-state index in [4.69, 9.17) is 4.42 Å². The largest absolute Gasteiger partial charge is 0.468 e. The van der Waals surface area contributed by atoms with Crippen LogP contribution in [-0.2, 0) is 10.0 Å². The maximum atomic E-state index is 12.3. The van der Waals surface area contributed by atoms with Crippen molar-refractivity contribution in [1.82, 2.24) is 10.2 Å². The van der Waals surface area contributed by atoms with Gasteiger partial charge in [0, 0.05) is 17.8 Å². The lowest BCUT2D eigenvalue weighted by Crippen LogP contribution is -2.34. The number of furan rings is 1. The molecule has 0 radical (unpaired) electrons. The molecule has 8 heteroatoms. The summed E-state index contributed by atoms with van der Waals surface area (Å²) in [6.07, 6.45) is 2.65. The number of hydrogen-bond donors (Lipinski definition) is 2. The van der Waals surface area contributed by atoms with Gasteiger partial charge in [-0.05, 0) is 44.4 Å². The quantitative estimate of drug-likeness (QED) is 0.792. The molecule has 7 nitrogen and oxygen atoms in total. The minimum Gasteiger partial charge on any atom is -0.468 e. The molecule has 0 aliphatic carbocycles. The predicted octanol–water partition coefficient (Wildman–Crippen LogP) is 1.68. The van der Waals surface area contributed by atoms with E-state index in [1.165, 1.54) is 6.07 Å². The van der Waals surface area contributed by atoms with E-state index in [-0.39, 0.29) is 11.9 Å². The van der Waals surface area contributed by atoms with Crippen molar-refractivity contribution >= 4 is 21.6 Å². The number of hydrogen-bond acceptors (Lipinski definition) is 5. The van der Waals surface area contributed by atoms with E-state index in [1.807, 2.05) is 25.1 Å². The van der Waals surface area contributed by atoms with Crippen LogP contribution in [0.1, 0.15) is 22.2 Å². The Kier molecular flexibility index (Phi) is 5.63. The number of benzene rings is 1. The summed E-state index contributed by atoms with van der Waals surface area (Å²) < 4.78 is 30.3. The van der Waals surface area contributed by atoms with Crippen molar-refractivity contribution < 1.29 is 17.6 Å². The first-order valence-electron chi connectivity index (χ1n) is 7.32. The number of sulfonamides is 1. The Labute approximate surface area is 141 Å². The van der Waals surface area contributed by atoms with Gasteiger partial charge in [-0.3, -0.25) is 14.4 Å². The van der Waals surface area contributed by atoms with Gasteiger partial charge in [-0.2, -0.15) is 0 Å². The van der Waals surface area contributed by atoms with Gasteiger partial charge in [-0.15, -0.1) is 0 Å². The van der Waals surface area contributed by atoms with Gasteiger partial charge in [-0.1, -0.05) is 6.07 Å². The Hall–Kier alpha value is -2.32. The molecule has 2 aromatic rings. The third-order valence-electron chi connectivity index (χ3n) is 3.38. The second-order valence-electron chi connectivity index (χ2n) is 5.66. The fourth-order valence-corrected chi connectivity index (χ4v) is 2.80. The average molecular weight is 351 g/mol. The molecule has 0 bridgehead atoms. The van der Waals surface area contributed by atoms with Crippen LogP contribution >= 0.6 is 0 Å². The molecule has 2 N–H and O–H groups in total. The molecule has 0 aliphatic heterocycles. The number of nitrogens with one attached hydrogen (secondary N) is 2. The summed E-state index contributed by atoms with van der Waals surface area (Å²) in [5.74, 6) is 0.471. The zero-order valence-corrected chi connectivity index (χ0v) is 14.6. The molecule has 1 aromatic carbocycles. The third-order valence-corrected chi connectivity index (χ3v) is 3.99. The maximum Gasteiger partial charge on any atom is 0.251 e. The molecule has 1 unspecified atom stereocenters. The van der Waals surface area contributed by atoms with Crippen LogP contribution in [0.4, 0.5) is 5.69 Å². The zero-order valence-electron chi connectivity index (χ0n) is 13.8. The van der Waals surface area contributed by atoms with Gasteiger partial charge >= 0.3 is 0 Å². The van der Waals surface area contributed by atoms with Crippen molar-refractivity contribution in [2.45, 2.75) is 6.04 Å². The van der Waals surface area contributed by atoms with Crippen LogP contribution in [0.5, 0.6) is 0 Å². The number of nitrogens with zero attached hydrogens (tertiary/aromatic N) is 1. The molecule has 130 valence electrons. The molecule has 0 fully saturated rings. The molecular weight excluding hydrogens is 330 g/mol. The number of anilines is 1. The normalized spacial score (nSPS) is 12.8. The first kappa shape index (κ1) is 18.0. The lowest BCUT2D eigenvalue weighted by molar-refractivity contribution is 0.0939. The van der Waals surface area contributed by atoms with Crippen LogP contribution in [0.3, 0.4) is 0 Å². The van der Waals surface area contributed by atoms with Crippen LogP contribution in [0.15, 0.2) is 47.1 Å². The minimum absolute atomic E-state index is 0.0960. The SMILES string of the molecule is CN(C)C(CNC(=O)c1cccc(NS(C)(=O)=O)c1)c1ccco1. The molecule has 2 rings (SSSR count). The fraction of sp³-hybridized carbons (Fsp3) is 0.312. The number of amides is 1. The van der Waals surface area contributed by atoms with Gasteiger partial charge in [0.05, 0.1) is 18.6 Å². The minimum atomic E-state index is -3.39. The van der Waals surface area contributed by atoms with Crippen LogP contribution < -0.4 is 10.0 Å². The van der Waals surface area contributed by atoms with Crippen molar-refractivity contribution in [1.29, 1.82) is 0 Å². The van der Waals surface area contributed by atoms with Gasteiger partial charge in [-0.25, -0.2) is 8.42 Å². The molecule has 0 spiro atoms. The van der Waals surface area contributed by atoms with Crippen LogP contribution in [-0.4, -0.2) is 46.1 Å². The van der Waals surface area contributed by atoms with Gasteiger partial charge in [0.25, 0.3) is 5.91 Å². The van der Waals surface area contributed by atoms with Crippen LogP contribution in [0, 0.1) is 0 Å². The number of carbonyl (C=O) groups excluding carboxylic acids is 1. The van der Waals surface area contributed by atoms with Crippen LogP contribution in [0.2, 0.25) is 0 Å². The summed E-state index contributed by atoms with van der Waals surface area (Å²) in [4.78, 5) is 14.3. The van der Waals surface area contributed by atoms with Gasteiger partial charge in [0.15, 0.2) is 0 Å². The topological polar surface area (TPSA) is 91.7 Å². The molecular formula is C16H21N3O4S. The highest BCUT2D eigenvalue weighted by molar-refractivity contribution is 7.92. The van der Waals surface area contributed by atoms with E-state index < -0.39 is 10.0 Å². The lowest BCUT2D eigenvalue weighted by atomic mass is 10.1. The average Bonchev–Trinajstić information content (AvgIpc) is 2.99. The second kappa shape index (κ2) is 7.50. The van der Waals surface area contributed by atoms with Crippen LogP contribution in [0.25, 0.3) is 0 Å². The van der Waals surface area contributed by atoms with Gasteiger partial charge < -0.3 is 9.73 Å². The van der Waals surface area contributed by atoms with E-state index in [9.17, 15) is 13.2 Å². The highest BCUT2D eigenvalue weighted by Gasteiger charge is 2.18. The van der Waals surface area contributed by atoms with E-state index >= 15 is 0 Å². The fourth-order valence-electron chi connectivity index (χ4n) is 2.25. The van der Waals surface area contributed by atoms with Crippen molar-refractivity contribution in [2.24, 2.45) is 0 Å². The molecule has 24 heavy (non-hydrogen) atoms. The Bertz CT molecular complexity index is 785. The van der Waals surface area contributed by atoms with E-state index in [0.29, 0.717) is 17.8 Å².